The molecule has 0 aromatic heterocycles. The molecule has 0 amide bonds. The average molecular weight is 400 g/mol. The Labute approximate surface area is 163 Å². The van der Waals surface area contributed by atoms with E-state index < -0.39 is 48.5 Å². The number of terminal acetylenes is 1. The van der Waals surface area contributed by atoms with Crippen LogP contribution in [0.1, 0.15) is 20.8 Å². The third-order valence-corrected chi connectivity index (χ3v) is 3.63. The van der Waals surface area contributed by atoms with Crippen molar-refractivity contribution in [2.75, 3.05) is 33.8 Å². The van der Waals surface area contributed by atoms with Gasteiger partial charge < -0.3 is 28.2 Å². The Morgan fingerprint density at radius 3 is 2.00 bits per heavy atom. The largest absolute Gasteiger partial charge is 0.456 e. The normalized spacial score (nSPS) is 24.4. The van der Waals surface area contributed by atoms with Gasteiger partial charge in [0.1, 0.15) is 6.54 Å². The number of nitrogens with zero attached hydrogens (tertiary/aromatic N) is 1. The van der Waals surface area contributed by atoms with Gasteiger partial charge in [-0.05, 0) is 5.92 Å². The van der Waals surface area contributed by atoms with Crippen molar-refractivity contribution in [3.05, 3.63) is 0 Å². The molecule has 0 radical (unpaired) electrons. The highest BCUT2D eigenvalue weighted by molar-refractivity contribution is 5.71. The van der Waals surface area contributed by atoms with Crippen LogP contribution in [0.25, 0.3) is 0 Å². The molecule has 1 rings (SSSR count). The fourth-order valence-corrected chi connectivity index (χ4v) is 2.63. The molecule has 1 fully saturated rings. The fraction of sp³-hybridized carbons (Fsp3) is 0.667. The van der Waals surface area contributed by atoms with Gasteiger partial charge in [0.05, 0.1) is 20.7 Å². The zero-order chi connectivity index (χ0) is 21.5. The first-order valence-corrected chi connectivity index (χ1v) is 8.53. The molecule has 1 aliphatic rings. The van der Waals surface area contributed by atoms with E-state index in [4.69, 9.17) is 30.1 Å². The number of hydrogen-bond donors (Lipinski definition) is 0. The second-order valence-electron chi connectivity index (χ2n) is 6.94. The molecule has 0 aromatic carbocycles. The minimum Gasteiger partial charge on any atom is -0.456 e. The Kier molecular flexibility index (Phi) is 8.40. The molecule has 0 aliphatic carbocycles. The molecule has 28 heavy (non-hydrogen) atoms. The Hall–Kier alpha value is -2.64. The predicted molar refractivity (Wildman–Crippen MR) is 93.2 cm³/mol. The summed E-state index contributed by atoms with van der Waals surface area (Å²) >= 11 is 0. The summed E-state index contributed by atoms with van der Waals surface area (Å²) in [7, 11) is 3.48. The number of ether oxygens (including phenoxy) is 5. The first-order valence-electron chi connectivity index (χ1n) is 8.53. The van der Waals surface area contributed by atoms with E-state index in [1.807, 2.05) is 0 Å². The van der Waals surface area contributed by atoms with E-state index in [0.717, 1.165) is 13.8 Å². The van der Waals surface area contributed by atoms with Gasteiger partial charge >= 0.3 is 23.9 Å². The molecule has 1 saturated heterocycles. The Morgan fingerprint density at radius 2 is 1.50 bits per heavy atom. The second kappa shape index (κ2) is 10.1. The van der Waals surface area contributed by atoms with E-state index >= 15 is 0 Å². The first-order chi connectivity index (χ1) is 12.9. The standard InChI is InChI=1S/C18H26NO9/c1-7-8-19(5,6)9-15(23)28-18-17(27-13(4)22)16(26-12(3)21)14(10-24-18)25-11(2)20/h1,14,16-18H,8-10H2,2-6H3/q+1/t14-,16-,17-,18?/m1/s1. The molecule has 1 aliphatic heterocycles. The van der Waals surface area contributed by atoms with Crippen molar-refractivity contribution in [2.45, 2.75) is 45.4 Å². The van der Waals surface area contributed by atoms with Crippen molar-refractivity contribution in [1.29, 1.82) is 0 Å². The van der Waals surface area contributed by atoms with Gasteiger partial charge in [-0.25, -0.2) is 4.79 Å². The molecule has 0 aromatic rings. The molecular formula is C18H26NO9+. The molecule has 1 unspecified atom stereocenters. The lowest BCUT2D eigenvalue weighted by Gasteiger charge is -2.39. The Morgan fingerprint density at radius 1 is 0.964 bits per heavy atom. The molecular weight excluding hydrogens is 374 g/mol. The van der Waals surface area contributed by atoms with Crippen LogP contribution < -0.4 is 0 Å². The summed E-state index contributed by atoms with van der Waals surface area (Å²) in [5.74, 6) is -0.257. The zero-order valence-electron chi connectivity index (χ0n) is 16.6. The van der Waals surface area contributed by atoms with Crippen LogP contribution in [0.2, 0.25) is 0 Å². The molecule has 0 bridgehead atoms. The summed E-state index contributed by atoms with van der Waals surface area (Å²) in [6.07, 6.45) is 0.383. The van der Waals surface area contributed by atoms with Crippen molar-refractivity contribution in [3.63, 3.8) is 0 Å². The third-order valence-electron chi connectivity index (χ3n) is 3.63. The molecule has 156 valence electrons. The van der Waals surface area contributed by atoms with Crippen LogP contribution in [-0.2, 0) is 42.9 Å². The first kappa shape index (κ1) is 23.4. The summed E-state index contributed by atoms with van der Waals surface area (Å²) in [6, 6.07) is 0. The van der Waals surface area contributed by atoms with Crippen LogP contribution in [0, 0.1) is 12.3 Å². The molecule has 0 spiro atoms. The van der Waals surface area contributed by atoms with Gasteiger partial charge in [-0.2, -0.15) is 0 Å². The van der Waals surface area contributed by atoms with E-state index in [1.54, 1.807) is 14.1 Å². The van der Waals surface area contributed by atoms with E-state index in [9.17, 15) is 19.2 Å². The van der Waals surface area contributed by atoms with Crippen LogP contribution in [0.4, 0.5) is 0 Å². The highest BCUT2D eigenvalue weighted by Gasteiger charge is 2.49. The van der Waals surface area contributed by atoms with Crippen LogP contribution in [0.3, 0.4) is 0 Å². The maximum atomic E-state index is 12.3. The number of esters is 4. The van der Waals surface area contributed by atoms with Gasteiger partial charge in [-0.15, -0.1) is 6.42 Å². The van der Waals surface area contributed by atoms with E-state index in [-0.39, 0.29) is 17.6 Å². The van der Waals surface area contributed by atoms with Crippen LogP contribution in [-0.4, -0.2) is 86.8 Å². The molecule has 0 N–H and O–H groups in total. The van der Waals surface area contributed by atoms with Crippen molar-refractivity contribution < 1.29 is 47.3 Å². The van der Waals surface area contributed by atoms with Crippen LogP contribution in [0.5, 0.6) is 0 Å². The summed E-state index contributed by atoms with van der Waals surface area (Å²) in [6.45, 7) is 3.44. The highest BCUT2D eigenvalue weighted by atomic mass is 16.7. The topological polar surface area (TPSA) is 114 Å². The summed E-state index contributed by atoms with van der Waals surface area (Å²) in [4.78, 5) is 46.6. The van der Waals surface area contributed by atoms with Crippen molar-refractivity contribution >= 4 is 23.9 Å². The monoisotopic (exact) mass is 400 g/mol. The highest BCUT2D eigenvalue weighted by Crippen LogP contribution is 2.25. The molecule has 0 saturated carbocycles. The number of rotatable bonds is 7. The number of quaternary nitrogens is 1. The van der Waals surface area contributed by atoms with E-state index in [2.05, 4.69) is 5.92 Å². The Bertz CT molecular complexity index is 652. The lowest BCUT2D eigenvalue weighted by Crippen LogP contribution is -2.59. The van der Waals surface area contributed by atoms with Crippen molar-refractivity contribution in [1.82, 2.24) is 0 Å². The smallest absolute Gasteiger partial charge is 0.364 e. The number of carbonyl (C=O) groups excluding carboxylic acids is 4. The molecule has 4 atom stereocenters. The lowest BCUT2D eigenvalue weighted by atomic mass is 10.0. The van der Waals surface area contributed by atoms with Crippen LogP contribution in [0.15, 0.2) is 0 Å². The van der Waals surface area contributed by atoms with Gasteiger partial charge in [-0.1, -0.05) is 0 Å². The second-order valence-corrected chi connectivity index (χ2v) is 6.94. The Balaban J connectivity index is 3.01. The van der Waals surface area contributed by atoms with E-state index in [0.29, 0.717) is 6.54 Å². The third kappa shape index (κ3) is 7.54. The zero-order valence-corrected chi connectivity index (χ0v) is 16.6. The average Bonchev–Trinajstić information content (AvgIpc) is 2.50. The van der Waals surface area contributed by atoms with Crippen molar-refractivity contribution in [2.24, 2.45) is 0 Å². The van der Waals surface area contributed by atoms with Crippen molar-refractivity contribution in [3.8, 4) is 12.3 Å². The van der Waals surface area contributed by atoms with Gasteiger partial charge in [0.15, 0.2) is 18.8 Å². The minimum absolute atomic E-state index is 0.0670. The molecule has 10 nitrogen and oxygen atoms in total. The summed E-state index contributed by atoms with van der Waals surface area (Å²) in [5, 5.41) is 0. The van der Waals surface area contributed by atoms with Crippen LogP contribution >= 0.6 is 0 Å². The van der Waals surface area contributed by atoms with Gasteiger partial charge in [-0.3, -0.25) is 14.4 Å². The number of carbonyl (C=O) groups is 4. The predicted octanol–water partition coefficient (Wildman–Crippen LogP) is -0.609. The maximum Gasteiger partial charge on any atom is 0.364 e. The van der Waals surface area contributed by atoms with Gasteiger partial charge in [0, 0.05) is 20.8 Å². The van der Waals surface area contributed by atoms with Gasteiger partial charge in [0.2, 0.25) is 12.4 Å². The summed E-state index contributed by atoms with van der Waals surface area (Å²) in [5.41, 5.74) is 0. The van der Waals surface area contributed by atoms with E-state index in [1.165, 1.54) is 6.92 Å². The summed E-state index contributed by atoms with van der Waals surface area (Å²) < 4.78 is 26.3. The maximum absolute atomic E-state index is 12.3. The molecule has 10 heteroatoms. The number of hydrogen-bond acceptors (Lipinski definition) is 9. The molecule has 1 heterocycles. The SMILES string of the molecule is C#CC[N+](C)(C)CC(=O)OC1OC[C@@H](OC(C)=O)[C@@H](OC(C)=O)[C@H]1OC(C)=O. The minimum atomic E-state index is -1.35. The quantitative estimate of drug-likeness (QED) is 0.239. The van der Waals surface area contributed by atoms with Gasteiger partial charge in [0.25, 0.3) is 0 Å². The lowest BCUT2D eigenvalue weighted by molar-refractivity contribution is -0.875. The number of likely N-dealkylation sites (N-methyl/N-ethyl adjacent to an activating group) is 1. The fourth-order valence-electron chi connectivity index (χ4n) is 2.63.